The highest BCUT2D eigenvalue weighted by Crippen LogP contribution is 2.21. The fraction of sp³-hybridized carbons (Fsp3) is 0.933. The summed E-state index contributed by atoms with van der Waals surface area (Å²) < 4.78 is 5.47. The third kappa shape index (κ3) is 4.35. The topological polar surface area (TPSA) is 53.6 Å². The molecule has 5 heteroatoms. The summed E-state index contributed by atoms with van der Waals surface area (Å²) in [5, 5.41) is 7.09. The van der Waals surface area contributed by atoms with E-state index in [9.17, 15) is 4.79 Å². The predicted molar refractivity (Wildman–Crippen MR) is 79.8 cm³/mol. The summed E-state index contributed by atoms with van der Waals surface area (Å²) in [6, 6.07) is 1.36. The third-order valence-corrected chi connectivity index (χ3v) is 4.04. The Labute approximate surface area is 122 Å². The van der Waals surface area contributed by atoms with E-state index in [0.717, 1.165) is 32.5 Å². The van der Waals surface area contributed by atoms with Crippen LogP contribution in [0.3, 0.4) is 0 Å². The van der Waals surface area contributed by atoms with E-state index in [-0.39, 0.29) is 12.1 Å². The molecule has 0 saturated carbocycles. The van der Waals surface area contributed by atoms with E-state index in [1.54, 1.807) is 0 Å². The Morgan fingerprint density at radius 2 is 2.05 bits per heavy atom. The van der Waals surface area contributed by atoms with Crippen LogP contribution in [0.2, 0.25) is 0 Å². The quantitative estimate of drug-likeness (QED) is 0.810. The summed E-state index contributed by atoms with van der Waals surface area (Å²) in [7, 11) is 0. The minimum atomic E-state index is -0.415. The van der Waals surface area contributed by atoms with Crippen LogP contribution >= 0.6 is 0 Å². The molecule has 116 valence electrons. The van der Waals surface area contributed by atoms with Crippen LogP contribution in [0.25, 0.3) is 0 Å². The van der Waals surface area contributed by atoms with Gasteiger partial charge in [0.25, 0.3) is 0 Å². The van der Waals surface area contributed by atoms with E-state index in [2.05, 4.69) is 17.6 Å². The summed E-state index contributed by atoms with van der Waals surface area (Å²) >= 11 is 0. The normalized spacial score (nSPS) is 31.4. The highest BCUT2D eigenvalue weighted by atomic mass is 16.6. The lowest BCUT2D eigenvalue weighted by Gasteiger charge is -2.39. The summed E-state index contributed by atoms with van der Waals surface area (Å²) in [4.78, 5) is 14.0. The number of carbonyl (C=O) groups is 1. The van der Waals surface area contributed by atoms with E-state index in [1.807, 2.05) is 25.7 Å². The van der Waals surface area contributed by atoms with Crippen molar-refractivity contribution in [1.82, 2.24) is 15.5 Å². The first-order valence-corrected chi connectivity index (χ1v) is 7.81. The Balaban J connectivity index is 1.80. The van der Waals surface area contributed by atoms with Gasteiger partial charge >= 0.3 is 6.09 Å². The zero-order valence-electron chi connectivity index (χ0n) is 13.2. The van der Waals surface area contributed by atoms with Gasteiger partial charge in [-0.05, 0) is 53.5 Å². The van der Waals surface area contributed by atoms with E-state index in [0.29, 0.717) is 12.1 Å². The first kappa shape index (κ1) is 15.6. The first-order chi connectivity index (χ1) is 9.35. The monoisotopic (exact) mass is 283 g/mol. The van der Waals surface area contributed by atoms with E-state index in [1.165, 1.54) is 6.42 Å². The van der Waals surface area contributed by atoms with Gasteiger partial charge in [-0.2, -0.15) is 0 Å². The highest BCUT2D eigenvalue weighted by molar-refractivity contribution is 5.68. The Morgan fingerprint density at radius 1 is 1.30 bits per heavy atom. The fourth-order valence-electron chi connectivity index (χ4n) is 3.05. The predicted octanol–water partition coefficient (Wildman–Crippen LogP) is 1.73. The van der Waals surface area contributed by atoms with Crippen LogP contribution in [0.1, 0.15) is 47.0 Å². The Hall–Kier alpha value is -0.810. The Kier molecular flexibility index (Phi) is 4.91. The molecule has 0 aliphatic carbocycles. The summed E-state index contributed by atoms with van der Waals surface area (Å²) in [6.45, 7) is 10.8. The molecule has 0 spiro atoms. The number of hydrogen-bond donors (Lipinski definition) is 2. The van der Waals surface area contributed by atoms with Crippen molar-refractivity contribution < 1.29 is 9.53 Å². The molecule has 3 unspecified atom stereocenters. The van der Waals surface area contributed by atoms with Crippen molar-refractivity contribution in [2.45, 2.75) is 70.7 Å². The fourth-order valence-corrected chi connectivity index (χ4v) is 3.05. The zero-order chi connectivity index (χ0) is 14.8. The van der Waals surface area contributed by atoms with Crippen LogP contribution in [0.5, 0.6) is 0 Å². The van der Waals surface area contributed by atoms with Gasteiger partial charge in [-0.15, -0.1) is 0 Å². The van der Waals surface area contributed by atoms with Crippen molar-refractivity contribution in [1.29, 1.82) is 0 Å². The van der Waals surface area contributed by atoms with Gasteiger partial charge in [0.05, 0.1) is 0 Å². The van der Waals surface area contributed by atoms with Crippen LogP contribution in [0.4, 0.5) is 4.79 Å². The largest absolute Gasteiger partial charge is 0.444 e. The van der Waals surface area contributed by atoms with E-state index >= 15 is 0 Å². The smallest absolute Gasteiger partial charge is 0.410 e. The lowest BCUT2D eigenvalue weighted by atomic mass is 9.97. The van der Waals surface area contributed by atoms with Crippen molar-refractivity contribution in [3.05, 3.63) is 0 Å². The average molecular weight is 283 g/mol. The molecule has 0 bridgehead atoms. The number of nitrogens with zero attached hydrogens (tertiary/aromatic N) is 1. The SMILES string of the molecule is CC1CC(NC2CCNC2)CCN1C(=O)OC(C)(C)C. The Bertz CT molecular complexity index is 335. The molecule has 2 aliphatic heterocycles. The standard InChI is InChI=1S/C15H29N3O2/c1-11-9-12(17-13-5-7-16-10-13)6-8-18(11)14(19)20-15(2,3)4/h11-13,16-17H,5-10H2,1-4H3. The summed E-state index contributed by atoms with van der Waals surface area (Å²) in [6.07, 6.45) is 3.06. The van der Waals surface area contributed by atoms with Crippen LogP contribution in [-0.4, -0.2) is 54.4 Å². The maximum atomic E-state index is 12.1. The number of piperidine rings is 1. The van der Waals surface area contributed by atoms with Crippen LogP contribution in [0.15, 0.2) is 0 Å². The number of amides is 1. The molecule has 5 nitrogen and oxygen atoms in total. The van der Waals surface area contributed by atoms with Gasteiger partial charge < -0.3 is 20.3 Å². The second-order valence-corrected chi connectivity index (χ2v) is 7.10. The maximum absolute atomic E-state index is 12.1. The molecule has 1 amide bonds. The van der Waals surface area contributed by atoms with Gasteiger partial charge in [-0.3, -0.25) is 0 Å². The maximum Gasteiger partial charge on any atom is 0.410 e. The number of ether oxygens (including phenoxy) is 1. The molecular formula is C15H29N3O2. The molecule has 20 heavy (non-hydrogen) atoms. The summed E-state index contributed by atoms with van der Waals surface area (Å²) in [5.74, 6) is 0. The second-order valence-electron chi connectivity index (χ2n) is 7.10. The molecule has 2 saturated heterocycles. The molecule has 0 radical (unpaired) electrons. The molecule has 3 atom stereocenters. The lowest BCUT2D eigenvalue weighted by molar-refractivity contribution is 0.00907. The number of hydrogen-bond acceptors (Lipinski definition) is 4. The van der Waals surface area contributed by atoms with Crippen molar-refractivity contribution >= 4 is 6.09 Å². The number of nitrogens with one attached hydrogen (secondary N) is 2. The first-order valence-electron chi connectivity index (χ1n) is 7.81. The zero-order valence-corrected chi connectivity index (χ0v) is 13.2. The lowest BCUT2D eigenvalue weighted by Crippen LogP contribution is -2.52. The van der Waals surface area contributed by atoms with Gasteiger partial charge in [0.15, 0.2) is 0 Å². The van der Waals surface area contributed by atoms with Crippen LogP contribution in [0, 0.1) is 0 Å². The van der Waals surface area contributed by atoms with Crippen molar-refractivity contribution in [3.63, 3.8) is 0 Å². The molecule has 2 fully saturated rings. The number of rotatable bonds is 2. The van der Waals surface area contributed by atoms with Crippen molar-refractivity contribution in [2.75, 3.05) is 19.6 Å². The van der Waals surface area contributed by atoms with Gasteiger partial charge in [-0.25, -0.2) is 4.79 Å². The van der Waals surface area contributed by atoms with Crippen LogP contribution in [-0.2, 0) is 4.74 Å². The number of carbonyl (C=O) groups excluding carboxylic acids is 1. The molecule has 2 N–H and O–H groups in total. The minimum Gasteiger partial charge on any atom is -0.444 e. The van der Waals surface area contributed by atoms with Crippen LogP contribution < -0.4 is 10.6 Å². The van der Waals surface area contributed by atoms with Crippen molar-refractivity contribution in [3.8, 4) is 0 Å². The number of likely N-dealkylation sites (tertiary alicyclic amines) is 1. The molecule has 0 aromatic heterocycles. The van der Waals surface area contributed by atoms with Gasteiger partial charge in [0, 0.05) is 31.2 Å². The van der Waals surface area contributed by atoms with Crippen molar-refractivity contribution in [2.24, 2.45) is 0 Å². The molecule has 2 rings (SSSR count). The van der Waals surface area contributed by atoms with Gasteiger partial charge in [0.2, 0.25) is 0 Å². The molecule has 2 heterocycles. The second kappa shape index (κ2) is 6.31. The molecule has 0 aromatic carbocycles. The average Bonchev–Trinajstić information content (AvgIpc) is 2.79. The molecule has 0 aromatic rings. The minimum absolute atomic E-state index is 0.175. The van der Waals surface area contributed by atoms with E-state index in [4.69, 9.17) is 4.74 Å². The molecular weight excluding hydrogens is 254 g/mol. The molecule has 2 aliphatic rings. The Morgan fingerprint density at radius 3 is 2.60 bits per heavy atom. The summed E-state index contributed by atoms with van der Waals surface area (Å²) in [5.41, 5.74) is -0.415. The van der Waals surface area contributed by atoms with Gasteiger partial charge in [0.1, 0.15) is 5.60 Å². The van der Waals surface area contributed by atoms with E-state index < -0.39 is 5.60 Å². The van der Waals surface area contributed by atoms with Gasteiger partial charge in [-0.1, -0.05) is 0 Å². The highest BCUT2D eigenvalue weighted by Gasteiger charge is 2.32. The third-order valence-electron chi connectivity index (χ3n) is 4.04.